The van der Waals surface area contributed by atoms with Crippen LogP contribution in [0.3, 0.4) is 0 Å². The molecule has 1 aromatic carbocycles. The number of benzene rings is 1. The Kier molecular flexibility index (Phi) is 5.09. The Morgan fingerprint density at radius 2 is 2.09 bits per heavy atom. The van der Waals surface area contributed by atoms with Crippen molar-refractivity contribution in [3.05, 3.63) is 24.3 Å². The van der Waals surface area contributed by atoms with Crippen LogP contribution in [0.5, 0.6) is 0 Å². The van der Waals surface area contributed by atoms with Crippen LogP contribution in [-0.2, 0) is 9.53 Å². The molecule has 3 rings (SSSR count). The number of anilines is 1. The van der Waals surface area contributed by atoms with Gasteiger partial charge in [-0.25, -0.2) is 0 Å². The number of para-hydroxylation sites is 2. The third kappa shape index (κ3) is 4.00. The molecule has 124 valence electrons. The topological polar surface area (TPSA) is 70.8 Å². The van der Waals surface area contributed by atoms with Crippen molar-refractivity contribution in [2.75, 3.05) is 57.9 Å². The number of carbonyl (C=O) groups excluding carboxylic acids is 1. The number of nitrogens with zero attached hydrogens (tertiary/aromatic N) is 3. The molecule has 0 aliphatic carbocycles. The Morgan fingerprint density at radius 3 is 2.83 bits per heavy atom. The molecular formula is C16H22N4O3. The molecule has 1 fully saturated rings. The lowest BCUT2D eigenvalue weighted by Crippen LogP contribution is -2.49. The Balaban J connectivity index is 1.49. The number of aromatic nitrogens is 1. The summed E-state index contributed by atoms with van der Waals surface area (Å²) in [6.07, 6.45) is 0. The van der Waals surface area contributed by atoms with Gasteiger partial charge in [0.25, 0.3) is 6.01 Å². The standard InChI is InChI=1S/C16H22N4O3/c1-22-11-6-17-15(21)12-19-7-9-20(10-8-19)16-18-13-4-2-3-5-14(13)23-16/h2-5H,6-12H2,1H3,(H,17,21). The van der Waals surface area contributed by atoms with Crippen LogP contribution in [0.2, 0.25) is 0 Å². The molecule has 0 spiro atoms. The minimum atomic E-state index is 0.0392. The molecule has 0 saturated carbocycles. The van der Waals surface area contributed by atoms with Crippen LogP contribution in [0.4, 0.5) is 6.01 Å². The van der Waals surface area contributed by atoms with Crippen molar-refractivity contribution in [2.24, 2.45) is 0 Å². The van der Waals surface area contributed by atoms with Gasteiger partial charge < -0.3 is 19.4 Å². The zero-order valence-electron chi connectivity index (χ0n) is 13.3. The first-order chi connectivity index (χ1) is 11.3. The van der Waals surface area contributed by atoms with Crippen molar-refractivity contribution in [3.63, 3.8) is 0 Å². The first kappa shape index (κ1) is 15.8. The van der Waals surface area contributed by atoms with Crippen molar-refractivity contribution in [2.45, 2.75) is 0 Å². The number of hydrogen-bond donors (Lipinski definition) is 1. The number of nitrogens with one attached hydrogen (secondary N) is 1. The van der Waals surface area contributed by atoms with Crippen LogP contribution in [0, 0.1) is 0 Å². The number of carbonyl (C=O) groups is 1. The first-order valence-corrected chi connectivity index (χ1v) is 7.85. The average molecular weight is 318 g/mol. The summed E-state index contributed by atoms with van der Waals surface area (Å²) >= 11 is 0. The monoisotopic (exact) mass is 318 g/mol. The van der Waals surface area contributed by atoms with E-state index in [1.165, 1.54) is 0 Å². The van der Waals surface area contributed by atoms with Crippen LogP contribution in [0.25, 0.3) is 11.1 Å². The van der Waals surface area contributed by atoms with Gasteiger partial charge in [-0.2, -0.15) is 4.98 Å². The van der Waals surface area contributed by atoms with Gasteiger partial charge in [0.05, 0.1) is 13.2 Å². The van der Waals surface area contributed by atoms with Crippen LogP contribution >= 0.6 is 0 Å². The van der Waals surface area contributed by atoms with Gasteiger partial charge >= 0.3 is 0 Å². The fourth-order valence-corrected chi connectivity index (χ4v) is 2.64. The molecule has 7 heteroatoms. The normalized spacial score (nSPS) is 16.0. The number of rotatable bonds is 6. The van der Waals surface area contributed by atoms with Crippen LogP contribution in [-0.4, -0.2) is 68.8 Å². The van der Waals surface area contributed by atoms with E-state index in [4.69, 9.17) is 9.15 Å². The van der Waals surface area contributed by atoms with Crippen LogP contribution in [0.1, 0.15) is 0 Å². The highest BCUT2D eigenvalue weighted by atomic mass is 16.5. The highest BCUT2D eigenvalue weighted by molar-refractivity contribution is 5.78. The number of methoxy groups -OCH3 is 1. The second-order valence-electron chi connectivity index (χ2n) is 5.57. The molecule has 1 saturated heterocycles. The van der Waals surface area contributed by atoms with E-state index in [2.05, 4.69) is 20.1 Å². The highest BCUT2D eigenvalue weighted by Gasteiger charge is 2.22. The van der Waals surface area contributed by atoms with Crippen molar-refractivity contribution in [1.82, 2.24) is 15.2 Å². The van der Waals surface area contributed by atoms with Crippen molar-refractivity contribution >= 4 is 23.0 Å². The zero-order chi connectivity index (χ0) is 16.1. The SMILES string of the molecule is COCCNC(=O)CN1CCN(c2nc3ccccc3o2)CC1. The van der Waals surface area contributed by atoms with Crippen molar-refractivity contribution in [1.29, 1.82) is 0 Å². The Labute approximate surface area is 135 Å². The fourth-order valence-electron chi connectivity index (χ4n) is 2.64. The third-order valence-electron chi connectivity index (χ3n) is 3.92. The molecule has 1 N–H and O–H groups in total. The third-order valence-corrected chi connectivity index (χ3v) is 3.92. The fraction of sp³-hybridized carbons (Fsp3) is 0.500. The van der Waals surface area contributed by atoms with Gasteiger partial charge in [0, 0.05) is 39.8 Å². The predicted molar refractivity (Wildman–Crippen MR) is 87.5 cm³/mol. The summed E-state index contributed by atoms with van der Waals surface area (Å²) in [5.74, 6) is 0.0392. The van der Waals surface area contributed by atoms with E-state index >= 15 is 0 Å². The summed E-state index contributed by atoms with van der Waals surface area (Å²) < 4.78 is 10.7. The summed E-state index contributed by atoms with van der Waals surface area (Å²) in [6.45, 7) is 4.75. The Bertz CT molecular complexity index is 617. The maximum atomic E-state index is 11.8. The first-order valence-electron chi connectivity index (χ1n) is 7.85. The molecular weight excluding hydrogens is 296 g/mol. The predicted octanol–water partition coefficient (Wildman–Crippen LogP) is 0.712. The maximum Gasteiger partial charge on any atom is 0.298 e. The van der Waals surface area contributed by atoms with Crippen LogP contribution < -0.4 is 10.2 Å². The van der Waals surface area contributed by atoms with E-state index in [1.807, 2.05) is 24.3 Å². The largest absolute Gasteiger partial charge is 0.423 e. The van der Waals surface area contributed by atoms with E-state index in [9.17, 15) is 4.79 Å². The molecule has 2 aromatic rings. The summed E-state index contributed by atoms with van der Waals surface area (Å²) in [6, 6.07) is 8.43. The summed E-state index contributed by atoms with van der Waals surface area (Å²) in [4.78, 5) is 20.6. The molecule has 1 amide bonds. The minimum absolute atomic E-state index is 0.0392. The van der Waals surface area contributed by atoms with Gasteiger partial charge in [0.1, 0.15) is 5.52 Å². The van der Waals surface area contributed by atoms with Gasteiger partial charge in [-0.15, -0.1) is 0 Å². The number of fused-ring (bicyclic) bond motifs is 1. The molecule has 0 unspecified atom stereocenters. The molecule has 0 radical (unpaired) electrons. The average Bonchev–Trinajstić information content (AvgIpc) is 3.00. The van der Waals surface area contributed by atoms with Crippen molar-refractivity contribution in [3.8, 4) is 0 Å². The Hall–Kier alpha value is -2.12. The van der Waals surface area contributed by atoms with E-state index < -0.39 is 0 Å². The van der Waals surface area contributed by atoms with Crippen LogP contribution in [0.15, 0.2) is 28.7 Å². The second-order valence-corrected chi connectivity index (χ2v) is 5.57. The molecule has 0 bridgehead atoms. The van der Waals surface area contributed by atoms with Gasteiger partial charge in [-0.05, 0) is 12.1 Å². The number of hydrogen-bond acceptors (Lipinski definition) is 6. The zero-order valence-corrected chi connectivity index (χ0v) is 13.3. The molecule has 23 heavy (non-hydrogen) atoms. The lowest BCUT2D eigenvalue weighted by Gasteiger charge is -2.33. The van der Waals surface area contributed by atoms with E-state index in [-0.39, 0.29) is 5.91 Å². The summed E-state index contributed by atoms with van der Waals surface area (Å²) in [5.41, 5.74) is 1.69. The van der Waals surface area contributed by atoms with Crippen molar-refractivity contribution < 1.29 is 13.9 Å². The second kappa shape index (κ2) is 7.43. The molecule has 1 aliphatic heterocycles. The molecule has 0 atom stereocenters. The number of piperazine rings is 1. The van der Waals surface area contributed by atoms with Gasteiger partial charge in [0.2, 0.25) is 5.91 Å². The number of oxazole rings is 1. The number of ether oxygens (including phenoxy) is 1. The number of amides is 1. The lowest BCUT2D eigenvalue weighted by molar-refractivity contribution is -0.122. The summed E-state index contributed by atoms with van der Waals surface area (Å²) in [5, 5.41) is 2.84. The quantitative estimate of drug-likeness (QED) is 0.791. The minimum Gasteiger partial charge on any atom is -0.423 e. The van der Waals surface area contributed by atoms with Gasteiger partial charge in [0.15, 0.2) is 5.58 Å². The van der Waals surface area contributed by atoms with E-state index in [0.29, 0.717) is 25.7 Å². The van der Waals surface area contributed by atoms with E-state index in [0.717, 1.165) is 37.3 Å². The maximum absolute atomic E-state index is 11.8. The van der Waals surface area contributed by atoms with E-state index in [1.54, 1.807) is 7.11 Å². The molecule has 2 heterocycles. The molecule has 1 aliphatic rings. The smallest absolute Gasteiger partial charge is 0.298 e. The lowest BCUT2D eigenvalue weighted by atomic mass is 10.3. The Morgan fingerprint density at radius 1 is 1.30 bits per heavy atom. The molecule has 1 aromatic heterocycles. The van der Waals surface area contributed by atoms with Gasteiger partial charge in [-0.3, -0.25) is 9.69 Å². The highest BCUT2D eigenvalue weighted by Crippen LogP contribution is 2.22. The summed E-state index contributed by atoms with van der Waals surface area (Å²) in [7, 11) is 1.62. The van der Waals surface area contributed by atoms with Gasteiger partial charge in [-0.1, -0.05) is 12.1 Å². The molecule has 7 nitrogen and oxygen atoms in total.